The fourth-order valence-corrected chi connectivity index (χ4v) is 3.18. The predicted octanol–water partition coefficient (Wildman–Crippen LogP) is 3.50. The van der Waals surface area contributed by atoms with Gasteiger partial charge in [-0.1, -0.05) is 0 Å². The number of aromatic nitrogens is 3. The van der Waals surface area contributed by atoms with E-state index in [4.69, 9.17) is 5.73 Å². The van der Waals surface area contributed by atoms with Crippen LogP contribution in [0.2, 0.25) is 0 Å². The summed E-state index contributed by atoms with van der Waals surface area (Å²) in [5, 5.41) is 4.23. The summed E-state index contributed by atoms with van der Waals surface area (Å²) >= 11 is 5.23. The number of hydrogen-bond acceptors (Lipinski definition) is 4. The molecule has 0 radical (unpaired) electrons. The van der Waals surface area contributed by atoms with Crippen molar-refractivity contribution >= 4 is 33.4 Å². The number of nitrogen functional groups attached to an aromatic ring is 1. The Bertz CT molecular complexity index is 539. The molecule has 0 atom stereocenters. The molecule has 0 saturated carbocycles. The van der Waals surface area contributed by atoms with Gasteiger partial charge in [0.1, 0.15) is 12.2 Å². The third-order valence-electron chi connectivity index (χ3n) is 2.45. The van der Waals surface area contributed by atoms with Gasteiger partial charge in [-0.25, -0.2) is 9.67 Å². The van der Waals surface area contributed by atoms with Gasteiger partial charge in [0.25, 0.3) is 0 Å². The van der Waals surface area contributed by atoms with Crippen molar-refractivity contribution in [2.75, 3.05) is 5.73 Å². The second kappa shape index (κ2) is 5.75. The quantitative estimate of drug-likeness (QED) is 0.690. The Morgan fingerprint density at radius 1 is 1.44 bits per heavy atom. The Balaban J connectivity index is 2.09. The number of anilines is 1. The highest BCUT2D eigenvalue weighted by Gasteiger charge is 2.09. The first-order valence-electron chi connectivity index (χ1n) is 5.64. The third kappa shape index (κ3) is 3.05. The molecule has 0 aliphatic rings. The molecule has 2 N–H and O–H groups in total. The van der Waals surface area contributed by atoms with Crippen molar-refractivity contribution in [3.05, 3.63) is 34.8 Å². The minimum atomic E-state index is 0.331. The maximum Gasteiger partial charge on any atom is 0.138 e. The fraction of sp³-hybridized carbons (Fsp3) is 0.333. The highest BCUT2D eigenvalue weighted by Crippen LogP contribution is 2.31. The molecular formula is C12H15BrN4S. The average Bonchev–Trinajstić information content (AvgIpc) is 2.76. The highest BCUT2D eigenvalue weighted by molar-refractivity contribution is 9.10. The molecule has 96 valence electrons. The molecule has 1 heterocycles. The van der Waals surface area contributed by atoms with Crippen LogP contribution in [0.15, 0.2) is 33.9 Å². The van der Waals surface area contributed by atoms with Crippen LogP contribution in [0.5, 0.6) is 0 Å². The summed E-state index contributed by atoms with van der Waals surface area (Å²) in [5.41, 5.74) is 6.48. The second-order valence-corrected chi connectivity index (χ2v) is 6.06. The Labute approximate surface area is 119 Å². The monoisotopic (exact) mass is 326 g/mol. The Morgan fingerprint density at radius 3 is 2.89 bits per heavy atom. The van der Waals surface area contributed by atoms with Crippen molar-refractivity contribution < 1.29 is 0 Å². The highest BCUT2D eigenvalue weighted by atomic mass is 79.9. The molecule has 0 amide bonds. The first kappa shape index (κ1) is 13.4. The average molecular weight is 327 g/mol. The maximum absolute atomic E-state index is 5.72. The minimum Gasteiger partial charge on any atom is -0.399 e. The largest absolute Gasteiger partial charge is 0.399 e. The molecule has 1 aromatic heterocycles. The van der Waals surface area contributed by atoms with Gasteiger partial charge in [0.05, 0.1) is 5.75 Å². The smallest absolute Gasteiger partial charge is 0.138 e. The van der Waals surface area contributed by atoms with Gasteiger partial charge in [-0.15, -0.1) is 11.8 Å². The molecule has 0 unspecified atom stereocenters. The number of halogens is 1. The van der Waals surface area contributed by atoms with Crippen molar-refractivity contribution in [2.24, 2.45) is 0 Å². The molecule has 0 aliphatic carbocycles. The van der Waals surface area contributed by atoms with Crippen molar-refractivity contribution in [2.45, 2.75) is 30.5 Å². The van der Waals surface area contributed by atoms with Crippen LogP contribution in [0.1, 0.15) is 25.7 Å². The van der Waals surface area contributed by atoms with Gasteiger partial charge < -0.3 is 5.73 Å². The Morgan fingerprint density at radius 2 is 2.22 bits per heavy atom. The van der Waals surface area contributed by atoms with Crippen molar-refractivity contribution in [1.82, 2.24) is 14.8 Å². The van der Waals surface area contributed by atoms with E-state index in [2.05, 4.69) is 39.9 Å². The molecule has 18 heavy (non-hydrogen) atoms. The van der Waals surface area contributed by atoms with E-state index in [-0.39, 0.29) is 0 Å². The van der Waals surface area contributed by atoms with Crippen molar-refractivity contribution in [3.63, 3.8) is 0 Å². The molecule has 0 saturated heterocycles. The number of benzene rings is 1. The second-order valence-electron chi connectivity index (χ2n) is 4.19. The lowest BCUT2D eigenvalue weighted by Crippen LogP contribution is -2.07. The summed E-state index contributed by atoms with van der Waals surface area (Å²) in [4.78, 5) is 5.45. The van der Waals surface area contributed by atoms with Gasteiger partial charge >= 0.3 is 0 Å². The fourth-order valence-electron chi connectivity index (χ4n) is 1.59. The Kier molecular flexibility index (Phi) is 4.29. The van der Waals surface area contributed by atoms with Crippen LogP contribution in [0.4, 0.5) is 5.69 Å². The zero-order valence-corrected chi connectivity index (χ0v) is 12.7. The van der Waals surface area contributed by atoms with Gasteiger partial charge in [0, 0.05) is 21.1 Å². The van der Waals surface area contributed by atoms with Gasteiger partial charge in [-0.05, 0) is 48.0 Å². The zero-order valence-electron chi connectivity index (χ0n) is 10.3. The lowest BCUT2D eigenvalue weighted by Gasteiger charge is -2.09. The molecule has 6 heteroatoms. The summed E-state index contributed by atoms with van der Waals surface area (Å²) in [5.74, 6) is 1.78. The number of nitrogens with two attached hydrogens (primary N) is 1. The molecule has 4 nitrogen and oxygen atoms in total. The van der Waals surface area contributed by atoms with Gasteiger partial charge in [0.15, 0.2) is 0 Å². The number of rotatable bonds is 4. The van der Waals surface area contributed by atoms with Crippen LogP contribution in [0.3, 0.4) is 0 Å². The number of nitrogens with zero attached hydrogens (tertiary/aromatic N) is 3. The molecule has 1 aromatic carbocycles. The van der Waals surface area contributed by atoms with Crippen LogP contribution in [-0.4, -0.2) is 14.8 Å². The van der Waals surface area contributed by atoms with Crippen molar-refractivity contribution in [3.8, 4) is 0 Å². The van der Waals surface area contributed by atoms with Crippen LogP contribution in [0.25, 0.3) is 0 Å². The SMILES string of the molecule is CC(C)n1ncnc1CSc1ccc(N)cc1Br. The molecule has 2 aromatic rings. The molecule has 0 spiro atoms. The minimum absolute atomic E-state index is 0.331. The van der Waals surface area contributed by atoms with E-state index in [1.54, 1.807) is 18.1 Å². The van der Waals surface area contributed by atoms with Gasteiger partial charge in [-0.2, -0.15) is 5.10 Å². The first-order chi connectivity index (χ1) is 8.58. The molecule has 2 rings (SSSR count). The summed E-state index contributed by atoms with van der Waals surface area (Å²) in [7, 11) is 0. The molecule has 0 aliphatic heterocycles. The van der Waals surface area contributed by atoms with E-state index in [1.165, 1.54) is 0 Å². The molecule has 0 bridgehead atoms. The van der Waals surface area contributed by atoms with Crippen LogP contribution < -0.4 is 5.73 Å². The van der Waals surface area contributed by atoms with E-state index < -0.39 is 0 Å². The lowest BCUT2D eigenvalue weighted by atomic mass is 10.3. The summed E-state index contributed by atoms with van der Waals surface area (Å²) < 4.78 is 2.96. The summed E-state index contributed by atoms with van der Waals surface area (Å²) in [6, 6.07) is 6.16. The van der Waals surface area contributed by atoms with Crippen LogP contribution >= 0.6 is 27.7 Å². The maximum atomic E-state index is 5.72. The van der Waals surface area contributed by atoms with E-state index in [0.717, 1.165) is 26.6 Å². The number of thioether (sulfide) groups is 1. The normalized spacial score (nSPS) is 11.1. The zero-order chi connectivity index (χ0) is 13.1. The molecular weight excluding hydrogens is 312 g/mol. The van der Waals surface area contributed by atoms with E-state index in [9.17, 15) is 0 Å². The Hall–Kier alpha value is -1.01. The van der Waals surface area contributed by atoms with Crippen LogP contribution in [0, 0.1) is 0 Å². The van der Waals surface area contributed by atoms with Crippen LogP contribution in [-0.2, 0) is 5.75 Å². The van der Waals surface area contributed by atoms with Crippen molar-refractivity contribution in [1.29, 1.82) is 0 Å². The predicted molar refractivity (Wildman–Crippen MR) is 78.5 cm³/mol. The van der Waals surface area contributed by atoms with E-state index >= 15 is 0 Å². The standard InChI is InChI=1S/C12H15BrN4S/c1-8(2)17-12(15-7-16-17)6-18-11-4-3-9(14)5-10(11)13/h3-5,7-8H,6,14H2,1-2H3. The number of hydrogen-bond donors (Lipinski definition) is 1. The summed E-state index contributed by atoms with van der Waals surface area (Å²) in [6.45, 7) is 4.20. The first-order valence-corrected chi connectivity index (χ1v) is 7.42. The topological polar surface area (TPSA) is 56.7 Å². The van der Waals surface area contributed by atoms with Gasteiger partial charge in [-0.3, -0.25) is 0 Å². The lowest BCUT2D eigenvalue weighted by molar-refractivity contribution is 0.514. The summed E-state index contributed by atoms with van der Waals surface area (Å²) in [6.07, 6.45) is 1.61. The van der Waals surface area contributed by atoms with E-state index in [0.29, 0.717) is 6.04 Å². The molecule has 0 fully saturated rings. The third-order valence-corrected chi connectivity index (χ3v) is 4.44. The van der Waals surface area contributed by atoms with E-state index in [1.807, 2.05) is 22.9 Å². The van der Waals surface area contributed by atoms with Gasteiger partial charge in [0.2, 0.25) is 0 Å².